The fourth-order valence-electron chi connectivity index (χ4n) is 1.51. The van der Waals surface area contributed by atoms with Crippen LogP contribution in [0.2, 0.25) is 0 Å². The molecule has 0 aliphatic heterocycles. The average Bonchev–Trinajstić information content (AvgIpc) is 2.68. The third kappa shape index (κ3) is 2.96. The highest BCUT2D eigenvalue weighted by atomic mass is 127. The van der Waals surface area contributed by atoms with Crippen molar-refractivity contribution in [2.75, 3.05) is 0 Å². The molecule has 0 saturated carbocycles. The van der Waals surface area contributed by atoms with Crippen molar-refractivity contribution in [3.63, 3.8) is 0 Å². The highest BCUT2D eigenvalue weighted by Gasteiger charge is 2.12. The Hall–Kier alpha value is -0.130. The number of hydrogen-bond acceptors (Lipinski definition) is 2. The maximum absolute atomic E-state index is 6.39. The lowest BCUT2D eigenvalue weighted by molar-refractivity contribution is 0.873. The second kappa shape index (κ2) is 5.47. The number of halogens is 2. The minimum atomic E-state index is 0.0216. The Labute approximate surface area is 118 Å². The van der Waals surface area contributed by atoms with E-state index < -0.39 is 0 Å². The molecule has 16 heavy (non-hydrogen) atoms. The fraction of sp³-hybridized carbons (Fsp3) is 0.250. The molecular weight excluding hydrogens is 353 g/mol. The van der Waals surface area contributed by atoms with Crippen molar-refractivity contribution in [1.82, 2.24) is 4.98 Å². The first-order chi connectivity index (χ1) is 7.66. The predicted molar refractivity (Wildman–Crippen MR) is 78.3 cm³/mol. The Balaban J connectivity index is 2.13. The summed E-state index contributed by atoms with van der Waals surface area (Å²) in [5, 5.41) is 2.14. The van der Waals surface area contributed by atoms with E-state index in [0.717, 1.165) is 12.1 Å². The summed E-state index contributed by atoms with van der Waals surface area (Å²) < 4.78 is 1.27. The van der Waals surface area contributed by atoms with Gasteiger partial charge in [-0.15, -0.1) is 22.9 Å². The molecule has 0 aliphatic carbocycles. The summed E-state index contributed by atoms with van der Waals surface area (Å²) in [5.74, 6) is 0. The number of hydrogen-bond donors (Lipinski definition) is 0. The number of nitrogens with zero attached hydrogens (tertiary/aromatic N) is 1. The first-order valence-corrected chi connectivity index (χ1v) is 7.35. The molecule has 1 atom stereocenters. The third-order valence-corrected chi connectivity index (χ3v) is 4.65. The van der Waals surface area contributed by atoms with E-state index in [0.29, 0.717) is 0 Å². The molecule has 0 N–H and O–H groups in total. The molecule has 0 aliphatic rings. The van der Waals surface area contributed by atoms with Crippen LogP contribution in [-0.2, 0) is 6.42 Å². The second-order valence-corrected chi connectivity index (χ2v) is 6.96. The molecule has 0 fully saturated rings. The molecule has 0 saturated heterocycles. The maximum atomic E-state index is 6.39. The van der Waals surface area contributed by atoms with Gasteiger partial charge in [-0.3, -0.25) is 4.98 Å². The van der Waals surface area contributed by atoms with Gasteiger partial charge in [-0.05, 0) is 58.2 Å². The first kappa shape index (κ1) is 12.3. The number of aryl methyl sites for hydroxylation is 1. The Kier molecular flexibility index (Phi) is 4.21. The highest BCUT2D eigenvalue weighted by Crippen LogP contribution is 2.29. The molecule has 0 spiro atoms. The van der Waals surface area contributed by atoms with Gasteiger partial charge in [-0.25, -0.2) is 0 Å². The number of alkyl halides is 1. The zero-order chi connectivity index (χ0) is 11.5. The van der Waals surface area contributed by atoms with Gasteiger partial charge in [0.15, 0.2) is 0 Å². The molecule has 0 aromatic carbocycles. The maximum Gasteiger partial charge on any atom is 0.0656 e. The van der Waals surface area contributed by atoms with Crippen LogP contribution in [0.15, 0.2) is 29.8 Å². The largest absolute Gasteiger partial charge is 0.261 e. The molecular formula is C12H11ClINS. The molecule has 2 aromatic rings. The van der Waals surface area contributed by atoms with Gasteiger partial charge in [0.05, 0.1) is 8.26 Å². The molecule has 0 bridgehead atoms. The fourth-order valence-corrected chi connectivity index (χ4v) is 3.28. The van der Waals surface area contributed by atoms with Crippen LogP contribution in [0.25, 0.3) is 0 Å². The molecule has 4 heteroatoms. The van der Waals surface area contributed by atoms with Crippen molar-refractivity contribution in [2.24, 2.45) is 0 Å². The topological polar surface area (TPSA) is 12.9 Å². The van der Waals surface area contributed by atoms with Crippen LogP contribution in [0.4, 0.5) is 0 Å². The number of thiophene rings is 1. The van der Waals surface area contributed by atoms with Crippen molar-refractivity contribution in [2.45, 2.75) is 18.7 Å². The highest BCUT2D eigenvalue weighted by molar-refractivity contribution is 14.1. The lowest BCUT2D eigenvalue weighted by Gasteiger charge is -2.08. The standard InChI is InChI=1S/C12H11ClINS/c1-8-3-2-4-15-11(8)6-10(13)9-5-12(14)16-7-9/h2-5,7,10H,6H2,1H3. The van der Waals surface area contributed by atoms with Gasteiger partial charge < -0.3 is 0 Å². The lowest BCUT2D eigenvalue weighted by Crippen LogP contribution is -1.99. The Morgan fingerprint density at radius 2 is 2.38 bits per heavy atom. The van der Waals surface area contributed by atoms with Crippen molar-refractivity contribution >= 4 is 45.5 Å². The minimum Gasteiger partial charge on any atom is -0.261 e. The SMILES string of the molecule is Cc1cccnc1CC(Cl)c1csc(I)c1. The Morgan fingerprint density at radius 3 is 3.00 bits per heavy atom. The van der Waals surface area contributed by atoms with Crippen LogP contribution in [0.5, 0.6) is 0 Å². The van der Waals surface area contributed by atoms with Crippen LogP contribution in [0.1, 0.15) is 22.2 Å². The van der Waals surface area contributed by atoms with Gasteiger partial charge >= 0.3 is 0 Å². The molecule has 0 radical (unpaired) electrons. The van der Waals surface area contributed by atoms with Gasteiger partial charge in [-0.2, -0.15) is 0 Å². The van der Waals surface area contributed by atoms with E-state index in [9.17, 15) is 0 Å². The second-order valence-electron chi connectivity index (χ2n) is 3.62. The number of pyridine rings is 1. The average molecular weight is 364 g/mol. The summed E-state index contributed by atoms with van der Waals surface area (Å²) in [6.07, 6.45) is 2.62. The Bertz CT molecular complexity index is 483. The van der Waals surface area contributed by atoms with Gasteiger partial charge in [0.2, 0.25) is 0 Å². The summed E-state index contributed by atoms with van der Waals surface area (Å²) >= 11 is 10.4. The zero-order valence-corrected chi connectivity index (χ0v) is 12.5. The molecule has 1 nitrogen and oxygen atoms in total. The summed E-state index contributed by atoms with van der Waals surface area (Å²) in [6, 6.07) is 6.17. The smallest absolute Gasteiger partial charge is 0.0656 e. The van der Waals surface area contributed by atoms with E-state index in [-0.39, 0.29) is 5.38 Å². The van der Waals surface area contributed by atoms with Crippen molar-refractivity contribution in [1.29, 1.82) is 0 Å². The van der Waals surface area contributed by atoms with E-state index in [2.05, 4.69) is 52.0 Å². The third-order valence-electron chi connectivity index (χ3n) is 2.44. The van der Waals surface area contributed by atoms with Gasteiger partial charge in [-0.1, -0.05) is 6.07 Å². The summed E-state index contributed by atoms with van der Waals surface area (Å²) in [6.45, 7) is 2.07. The van der Waals surface area contributed by atoms with Crippen molar-refractivity contribution in [3.05, 3.63) is 49.5 Å². The molecule has 2 rings (SSSR count). The molecule has 84 valence electrons. The summed E-state index contributed by atoms with van der Waals surface area (Å²) in [5.41, 5.74) is 3.49. The molecule has 0 amide bonds. The van der Waals surface area contributed by atoms with Crippen LogP contribution in [-0.4, -0.2) is 4.98 Å². The van der Waals surface area contributed by atoms with E-state index in [1.165, 1.54) is 14.0 Å². The monoisotopic (exact) mass is 363 g/mol. The zero-order valence-electron chi connectivity index (χ0n) is 8.78. The number of rotatable bonds is 3. The van der Waals surface area contributed by atoms with Crippen LogP contribution in [0.3, 0.4) is 0 Å². The van der Waals surface area contributed by atoms with Crippen LogP contribution < -0.4 is 0 Å². The van der Waals surface area contributed by atoms with E-state index in [4.69, 9.17) is 11.6 Å². The van der Waals surface area contributed by atoms with E-state index >= 15 is 0 Å². The predicted octanol–water partition coefficient (Wildman–Crippen LogP) is 4.58. The van der Waals surface area contributed by atoms with Crippen molar-refractivity contribution < 1.29 is 0 Å². The van der Waals surface area contributed by atoms with Gasteiger partial charge in [0.25, 0.3) is 0 Å². The van der Waals surface area contributed by atoms with E-state index in [1.807, 2.05) is 12.3 Å². The normalized spacial score (nSPS) is 12.7. The van der Waals surface area contributed by atoms with Gasteiger partial charge in [0, 0.05) is 18.3 Å². The van der Waals surface area contributed by atoms with Gasteiger partial charge in [0.1, 0.15) is 0 Å². The lowest BCUT2D eigenvalue weighted by atomic mass is 10.1. The number of aromatic nitrogens is 1. The first-order valence-electron chi connectivity index (χ1n) is 4.95. The van der Waals surface area contributed by atoms with Crippen molar-refractivity contribution in [3.8, 4) is 0 Å². The minimum absolute atomic E-state index is 0.0216. The Morgan fingerprint density at radius 1 is 1.56 bits per heavy atom. The van der Waals surface area contributed by atoms with E-state index in [1.54, 1.807) is 11.3 Å². The van der Waals surface area contributed by atoms with Crippen LogP contribution >= 0.6 is 45.5 Å². The summed E-state index contributed by atoms with van der Waals surface area (Å²) in [4.78, 5) is 4.37. The molecule has 2 heterocycles. The van der Waals surface area contributed by atoms with Crippen LogP contribution in [0, 0.1) is 9.81 Å². The quantitative estimate of drug-likeness (QED) is 0.574. The summed E-state index contributed by atoms with van der Waals surface area (Å²) in [7, 11) is 0. The molecule has 1 unspecified atom stereocenters. The molecule has 2 aromatic heterocycles.